The van der Waals surface area contributed by atoms with Gasteiger partial charge >= 0.3 is 5.97 Å². The second-order valence-corrected chi connectivity index (χ2v) is 21.6. The Morgan fingerprint density at radius 2 is 1.69 bits per heavy atom. The number of fused-ring (bicyclic) bond motifs is 7. The molecule has 0 aromatic carbocycles. The van der Waals surface area contributed by atoms with Gasteiger partial charge in [-0.05, 0) is 161 Å². The zero-order chi connectivity index (χ0) is 36.6. The molecule has 51 heavy (non-hydrogen) atoms. The van der Waals surface area contributed by atoms with Gasteiger partial charge in [0.25, 0.3) is 0 Å². The van der Waals surface area contributed by atoms with Crippen molar-refractivity contribution in [3.63, 3.8) is 0 Å². The van der Waals surface area contributed by atoms with Crippen LogP contribution in [0.1, 0.15) is 116 Å². The lowest BCUT2D eigenvalue weighted by Gasteiger charge is -2.73. The van der Waals surface area contributed by atoms with Gasteiger partial charge in [-0.3, -0.25) is 0 Å². The van der Waals surface area contributed by atoms with Crippen LogP contribution in [0, 0.1) is 51.2 Å². The number of anilines is 1. The van der Waals surface area contributed by atoms with E-state index in [0.29, 0.717) is 64.5 Å². The van der Waals surface area contributed by atoms with E-state index in [2.05, 4.69) is 68.2 Å². The van der Waals surface area contributed by atoms with Gasteiger partial charge in [0.1, 0.15) is 5.82 Å². The zero-order valence-electron chi connectivity index (χ0n) is 32.5. The number of piperidine rings is 1. The van der Waals surface area contributed by atoms with Gasteiger partial charge < -0.3 is 20.2 Å². The molecule has 2 N–H and O–H groups in total. The summed E-state index contributed by atoms with van der Waals surface area (Å²) in [4.78, 5) is 21.0. The number of aromatic carboxylic acids is 1. The third-order valence-corrected chi connectivity index (χ3v) is 18.6. The number of aromatic nitrogens is 1. The van der Waals surface area contributed by atoms with E-state index in [4.69, 9.17) is 0 Å². The summed E-state index contributed by atoms with van der Waals surface area (Å²) in [7, 11) is -2.83. The Morgan fingerprint density at radius 3 is 2.35 bits per heavy atom. The molecule has 4 saturated carbocycles. The quantitative estimate of drug-likeness (QED) is 0.202. The number of nitrogens with one attached hydrogen (secondary N) is 1. The van der Waals surface area contributed by atoms with Crippen LogP contribution in [0.25, 0.3) is 0 Å². The van der Waals surface area contributed by atoms with Crippen LogP contribution < -0.4 is 10.2 Å². The minimum atomic E-state index is -2.83. The molecule has 0 spiro atoms. The predicted octanol–water partition coefficient (Wildman–Crippen LogP) is 7.32. The van der Waals surface area contributed by atoms with E-state index in [9.17, 15) is 18.3 Å². The van der Waals surface area contributed by atoms with Crippen molar-refractivity contribution >= 4 is 21.6 Å². The molecule has 9 heteroatoms. The average Bonchev–Trinajstić information content (AvgIpc) is 3.45. The third kappa shape index (κ3) is 6.02. The van der Waals surface area contributed by atoms with Crippen molar-refractivity contribution in [1.82, 2.24) is 15.2 Å². The van der Waals surface area contributed by atoms with Crippen molar-refractivity contribution < 1.29 is 18.3 Å². The van der Waals surface area contributed by atoms with E-state index in [1.54, 1.807) is 6.07 Å². The lowest BCUT2D eigenvalue weighted by atomic mass is 9.33. The Balaban J connectivity index is 1.08. The van der Waals surface area contributed by atoms with Crippen molar-refractivity contribution in [3.05, 3.63) is 36.0 Å². The van der Waals surface area contributed by atoms with Crippen LogP contribution in [0.15, 0.2) is 30.5 Å². The molecule has 0 unspecified atom stereocenters. The Morgan fingerprint density at radius 1 is 0.941 bits per heavy atom. The van der Waals surface area contributed by atoms with Crippen molar-refractivity contribution in [2.45, 2.75) is 111 Å². The van der Waals surface area contributed by atoms with Gasteiger partial charge in [-0.25, -0.2) is 18.2 Å². The molecule has 3 heterocycles. The molecular formula is C42H66N4O4S. The topological polar surface area (TPSA) is 103 Å². The number of rotatable bonds is 9. The maximum atomic E-state index is 11.9. The van der Waals surface area contributed by atoms with Gasteiger partial charge in [0.05, 0.1) is 17.1 Å². The highest BCUT2D eigenvalue weighted by molar-refractivity contribution is 7.91. The van der Waals surface area contributed by atoms with Crippen molar-refractivity contribution in [1.29, 1.82) is 0 Å². The molecule has 284 valence electrons. The fourth-order valence-electron chi connectivity index (χ4n) is 14.1. The fourth-order valence-corrected chi connectivity index (χ4v) is 15.4. The van der Waals surface area contributed by atoms with Crippen LogP contribution in [0.2, 0.25) is 0 Å². The SMILES string of the molecule is C=C(C)[C@@H]1CC[C@]2(CNCCCN3CCS(=O)(=O)CC3)CC[C@]3(C)[C@H](CC[C@@H]4[C@@]5(C)CCN(c6ccc(C(=O)O)cn6)C(C)(C)[C@@H]5CC[C@]43C)[C@@H]12. The first-order chi connectivity index (χ1) is 24.0. The summed E-state index contributed by atoms with van der Waals surface area (Å²) < 4.78 is 23.7. The molecule has 2 aliphatic heterocycles. The Hall–Kier alpha value is -1.97. The molecule has 6 aliphatic rings. The van der Waals surface area contributed by atoms with E-state index in [0.717, 1.165) is 50.8 Å². The van der Waals surface area contributed by atoms with E-state index in [-0.39, 0.29) is 16.5 Å². The molecule has 9 atom stereocenters. The summed E-state index contributed by atoms with van der Waals surface area (Å²) in [5, 5.41) is 13.4. The van der Waals surface area contributed by atoms with E-state index in [1.165, 1.54) is 63.1 Å². The van der Waals surface area contributed by atoms with Gasteiger partial charge in [-0.15, -0.1) is 0 Å². The molecule has 0 amide bonds. The lowest BCUT2D eigenvalue weighted by Crippen LogP contribution is -2.70. The lowest BCUT2D eigenvalue weighted by molar-refractivity contribution is -0.227. The van der Waals surface area contributed by atoms with Crippen LogP contribution >= 0.6 is 0 Å². The fraction of sp³-hybridized carbons (Fsp3) is 0.810. The highest BCUT2D eigenvalue weighted by Gasteiger charge is 2.70. The van der Waals surface area contributed by atoms with Gasteiger partial charge in [0.2, 0.25) is 0 Å². The number of carboxylic acid groups (broad SMARTS) is 1. The summed E-state index contributed by atoms with van der Waals surface area (Å²) >= 11 is 0. The third-order valence-electron chi connectivity index (χ3n) is 16.9. The van der Waals surface area contributed by atoms with Gasteiger partial charge in [-0.1, -0.05) is 32.9 Å². The molecule has 0 radical (unpaired) electrons. The molecular weight excluding hydrogens is 657 g/mol. The number of pyridine rings is 1. The predicted molar refractivity (Wildman–Crippen MR) is 206 cm³/mol. The number of nitrogens with zero attached hydrogens (tertiary/aromatic N) is 3. The molecule has 2 saturated heterocycles. The van der Waals surface area contributed by atoms with Gasteiger partial charge in [0.15, 0.2) is 9.84 Å². The number of hydrogen-bond acceptors (Lipinski definition) is 7. The maximum Gasteiger partial charge on any atom is 0.337 e. The number of allylic oxidation sites excluding steroid dienone is 1. The normalized spacial score (nSPS) is 41.5. The second-order valence-electron chi connectivity index (χ2n) is 19.3. The summed E-state index contributed by atoms with van der Waals surface area (Å²) in [6.45, 7) is 25.3. The molecule has 4 aliphatic carbocycles. The van der Waals surface area contributed by atoms with E-state index < -0.39 is 15.8 Å². The van der Waals surface area contributed by atoms with Crippen LogP contribution in [-0.4, -0.2) is 85.7 Å². The van der Waals surface area contributed by atoms with Crippen LogP contribution in [0.3, 0.4) is 0 Å². The average molecular weight is 723 g/mol. The molecule has 0 bridgehead atoms. The zero-order valence-corrected chi connectivity index (χ0v) is 33.3. The standard InChI is InChI=1S/C42H66N4O4S/c1-29(2)31-13-16-42(28-43-20-8-21-45-23-25-51(49,50)26-24-45)18-17-40(6)32(36(31)42)10-11-34-39(5)19-22-46(35-12-9-30(27-44-35)37(47)48)38(3,4)33(39)14-15-41(34,40)7/h9,12,27,31-34,36,43H,1,8,10-11,13-26,28H2,2-7H3,(H,47,48)/t31-,32+,33-,34+,36+,39-,40+,41+,42+/m0/s1. The Kier molecular flexibility index (Phi) is 9.60. The van der Waals surface area contributed by atoms with Crippen molar-refractivity contribution in [2.75, 3.05) is 55.7 Å². The number of hydrogen-bond donors (Lipinski definition) is 2. The maximum absolute atomic E-state index is 11.9. The first kappa shape index (κ1) is 37.3. The highest BCUT2D eigenvalue weighted by Crippen LogP contribution is 2.76. The highest BCUT2D eigenvalue weighted by atomic mass is 32.2. The van der Waals surface area contributed by atoms with Gasteiger partial charge in [-0.2, -0.15) is 0 Å². The van der Waals surface area contributed by atoms with Crippen molar-refractivity contribution in [3.8, 4) is 0 Å². The molecule has 6 fully saturated rings. The Labute approximate surface area is 308 Å². The van der Waals surface area contributed by atoms with Crippen LogP contribution in [-0.2, 0) is 9.84 Å². The van der Waals surface area contributed by atoms with Crippen molar-refractivity contribution in [2.24, 2.45) is 51.2 Å². The summed E-state index contributed by atoms with van der Waals surface area (Å²) in [5.41, 5.74) is 2.76. The molecule has 1 aromatic heterocycles. The smallest absolute Gasteiger partial charge is 0.337 e. The van der Waals surface area contributed by atoms with Gasteiger partial charge in [0, 0.05) is 37.9 Å². The van der Waals surface area contributed by atoms with E-state index >= 15 is 0 Å². The number of carbonyl (C=O) groups is 1. The van der Waals surface area contributed by atoms with Crippen LogP contribution in [0.4, 0.5) is 5.82 Å². The first-order valence-corrected chi connectivity index (χ1v) is 22.1. The first-order valence-electron chi connectivity index (χ1n) is 20.2. The molecule has 8 nitrogen and oxygen atoms in total. The minimum Gasteiger partial charge on any atom is -0.478 e. The van der Waals surface area contributed by atoms with Crippen LogP contribution in [0.5, 0.6) is 0 Å². The number of carboxylic acids is 1. The molecule has 1 aromatic rings. The second kappa shape index (κ2) is 13.1. The molecule has 7 rings (SSSR count). The summed E-state index contributed by atoms with van der Waals surface area (Å²) in [6.07, 6.45) is 14.1. The monoisotopic (exact) mass is 722 g/mol. The number of sulfone groups is 1. The Bertz CT molecular complexity index is 1600. The van der Waals surface area contributed by atoms with E-state index in [1.807, 2.05) is 6.07 Å². The minimum absolute atomic E-state index is 0.0700. The summed E-state index contributed by atoms with van der Waals surface area (Å²) in [5.74, 6) is 3.86. The summed E-state index contributed by atoms with van der Waals surface area (Å²) in [6, 6.07) is 3.62. The largest absolute Gasteiger partial charge is 0.478 e.